The molecule has 1 saturated heterocycles. The van der Waals surface area contributed by atoms with E-state index >= 15 is 0 Å². The molecule has 30 heavy (non-hydrogen) atoms. The fourth-order valence-electron chi connectivity index (χ4n) is 5.61. The van der Waals surface area contributed by atoms with E-state index in [1.54, 1.807) is 12.3 Å². The first-order chi connectivity index (χ1) is 14.7. The van der Waals surface area contributed by atoms with Crippen LogP contribution in [0.3, 0.4) is 0 Å². The third kappa shape index (κ3) is 3.70. The summed E-state index contributed by atoms with van der Waals surface area (Å²) in [6.07, 6.45) is 10.7. The summed E-state index contributed by atoms with van der Waals surface area (Å²) in [5.41, 5.74) is 2.63. The second kappa shape index (κ2) is 8.22. The van der Waals surface area contributed by atoms with Crippen LogP contribution in [-0.4, -0.2) is 37.2 Å². The number of halogens is 1. The second-order valence-corrected chi connectivity index (χ2v) is 8.67. The summed E-state index contributed by atoms with van der Waals surface area (Å²) in [6, 6.07) is 10.6. The number of aromatic nitrogens is 1. The highest BCUT2D eigenvalue weighted by Gasteiger charge is 2.57. The Bertz CT molecular complexity index is 907. The first-order valence-electron chi connectivity index (χ1n) is 10.9. The molecule has 3 aliphatic rings. The number of benzene rings is 1. The van der Waals surface area contributed by atoms with E-state index in [-0.39, 0.29) is 11.7 Å². The van der Waals surface area contributed by atoms with Crippen molar-refractivity contribution in [2.75, 3.05) is 20.3 Å². The zero-order valence-electron chi connectivity index (χ0n) is 17.3. The van der Waals surface area contributed by atoms with Gasteiger partial charge in [0.2, 0.25) is 0 Å². The lowest BCUT2D eigenvalue weighted by atomic mass is 9.76. The van der Waals surface area contributed by atoms with E-state index in [4.69, 9.17) is 14.2 Å². The van der Waals surface area contributed by atoms with Gasteiger partial charge in [0, 0.05) is 31.2 Å². The summed E-state index contributed by atoms with van der Waals surface area (Å²) in [7, 11) is 1.81. The van der Waals surface area contributed by atoms with Crippen LogP contribution in [0, 0.1) is 23.6 Å². The molecule has 0 N–H and O–H groups in total. The van der Waals surface area contributed by atoms with Crippen LogP contribution in [0.2, 0.25) is 0 Å². The molecule has 1 aromatic carbocycles. The first-order valence-corrected chi connectivity index (χ1v) is 10.9. The zero-order chi connectivity index (χ0) is 20.6. The Morgan fingerprint density at radius 1 is 1.13 bits per heavy atom. The van der Waals surface area contributed by atoms with Gasteiger partial charge in [-0.2, -0.15) is 0 Å². The lowest BCUT2D eigenvalue weighted by Gasteiger charge is -2.33. The number of ether oxygens (including phenoxy) is 3. The van der Waals surface area contributed by atoms with Crippen LogP contribution in [0.1, 0.15) is 31.4 Å². The smallest absolute Gasteiger partial charge is 0.175 e. The van der Waals surface area contributed by atoms with Gasteiger partial charge in [-0.1, -0.05) is 24.3 Å². The van der Waals surface area contributed by atoms with Crippen molar-refractivity contribution in [3.63, 3.8) is 0 Å². The predicted molar refractivity (Wildman–Crippen MR) is 113 cm³/mol. The quantitative estimate of drug-likeness (QED) is 0.705. The molecule has 4 atom stereocenters. The number of fused-ring (bicyclic) bond motifs is 1. The number of hydrogen-bond donors (Lipinski definition) is 0. The van der Waals surface area contributed by atoms with Crippen molar-refractivity contribution >= 4 is 6.08 Å². The number of rotatable bonds is 4. The van der Waals surface area contributed by atoms with E-state index in [1.165, 1.54) is 12.1 Å². The van der Waals surface area contributed by atoms with Crippen LogP contribution in [-0.2, 0) is 14.2 Å². The molecule has 0 radical (unpaired) electrons. The Morgan fingerprint density at radius 3 is 2.73 bits per heavy atom. The molecule has 4 nitrogen and oxygen atoms in total. The van der Waals surface area contributed by atoms with Crippen molar-refractivity contribution in [1.82, 2.24) is 4.98 Å². The fourth-order valence-corrected chi connectivity index (χ4v) is 5.61. The van der Waals surface area contributed by atoms with Gasteiger partial charge in [-0.05, 0) is 60.9 Å². The Hall–Kier alpha value is -2.08. The Labute approximate surface area is 177 Å². The Kier molecular flexibility index (Phi) is 5.44. The summed E-state index contributed by atoms with van der Waals surface area (Å²) in [5.74, 6) is 0.623. The standard InChI is InChI=1S/C25H28FNO3/c1-28-22-8-9-23-19(14-22)15-25(29-11-12-30-25)24(23)10-7-21-6-5-18(16-27-21)17-3-2-4-20(26)13-17/h2-7,10,13,16,19,22-24H,8-9,11-12,14-15H2,1H3/b10-7+/t19-,22-,23-,24+/m1/s1. The van der Waals surface area contributed by atoms with Gasteiger partial charge in [-0.15, -0.1) is 0 Å². The molecule has 5 rings (SSSR count). The van der Waals surface area contributed by atoms with E-state index in [1.807, 2.05) is 25.3 Å². The average molecular weight is 410 g/mol. The predicted octanol–water partition coefficient (Wildman–Crippen LogP) is 5.10. The molecule has 2 aliphatic carbocycles. The summed E-state index contributed by atoms with van der Waals surface area (Å²) < 4.78 is 31.5. The largest absolute Gasteiger partial charge is 0.381 e. The summed E-state index contributed by atoms with van der Waals surface area (Å²) in [5, 5.41) is 0. The van der Waals surface area contributed by atoms with Gasteiger partial charge in [0.15, 0.2) is 5.79 Å². The van der Waals surface area contributed by atoms with Crippen molar-refractivity contribution in [3.8, 4) is 11.1 Å². The molecule has 0 amide bonds. The number of nitrogens with zero attached hydrogens (tertiary/aromatic N) is 1. The van der Waals surface area contributed by atoms with E-state index in [2.05, 4.69) is 17.1 Å². The number of methoxy groups -OCH3 is 1. The first kappa shape index (κ1) is 19.9. The molecule has 1 aromatic heterocycles. The second-order valence-electron chi connectivity index (χ2n) is 8.67. The molecular formula is C25H28FNO3. The van der Waals surface area contributed by atoms with Crippen molar-refractivity contribution in [1.29, 1.82) is 0 Å². The van der Waals surface area contributed by atoms with Crippen molar-refractivity contribution in [2.24, 2.45) is 17.8 Å². The molecule has 2 aromatic rings. The SMILES string of the molecule is CO[C@@H]1CC[C@@H]2[C@H](C1)CC1(OCCO1)[C@H]2/C=C/c1ccc(-c2cccc(F)c2)cn1. The monoisotopic (exact) mass is 409 g/mol. The van der Waals surface area contributed by atoms with Crippen LogP contribution < -0.4 is 0 Å². The van der Waals surface area contributed by atoms with Crippen LogP contribution in [0.4, 0.5) is 4.39 Å². The van der Waals surface area contributed by atoms with Gasteiger partial charge in [0.1, 0.15) is 5.82 Å². The Balaban J connectivity index is 1.35. The highest BCUT2D eigenvalue weighted by Crippen LogP contribution is 2.55. The molecule has 158 valence electrons. The van der Waals surface area contributed by atoms with E-state index < -0.39 is 5.79 Å². The van der Waals surface area contributed by atoms with Gasteiger partial charge in [-0.3, -0.25) is 4.98 Å². The summed E-state index contributed by atoms with van der Waals surface area (Å²) in [6.45, 7) is 1.33. The van der Waals surface area contributed by atoms with E-state index in [9.17, 15) is 4.39 Å². The van der Waals surface area contributed by atoms with Crippen molar-refractivity contribution < 1.29 is 18.6 Å². The van der Waals surface area contributed by atoms with Gasteiger partial charge < -0.3 is 14.2 Å². The minimum atomic E-state index is -0.490. The molecule has 0 bridgehead atoms. The molecule has 0 unspecified atom stereocenters. The molecule has 1 spiro atoms. The van der Waals surface area contributed by atoms with Crippen LogP contribution in [0.25, 0.3) is 17.2 Å². The molecule has 2 heterocycles. The normalized spacial score (nSPS) is 30.2. The minimum Gasteiger partial charge on any atom is -0.381 e. The molecule has 5 heteroatoms. The zero-order valence-corrected chi connectivity index (χ0v) is 17.3. The highest BCUT2D eigenvalue weighted by atomic mass is 19.1. The van der Waals surface area contributed by atoms with Crippen LogP contribution >= 0.6 is 0 Å². The van der Waals surface area contributed by atoms with Crippen molar-refractivity contribution in [2.45, 2.75) is 37.6 Å². The fraction of sp³-hybridized carbons (Fsp3) is 0.480. The average Bonchev–Trinajstić information content (AvgIpc) is 3.36. The Morgan fingerprint density at radius 2 is 2.00 bits per heavy atom. The van der Waals surface area contributed by atoms with Crippen LogP contribution in [0.15, 0.2) is 48.7 Å². The maximum absolute atomic E-state index is 13.5. The molecule has 2 saturated carbocycles. The maximum Gasteiger partial charge on any atom is 0.175 e. The van der Waals surface area contributed by atoms with Gasteiger partial charge in [0.05, 0.1) is 25.0 Å². The number of hydrogen-bond acceptors (Lipinski definition) is 4. The number of pyridine rings is 1. The van der Waals surface area contributed by atoms with Gasteiger partial charge in [0.25, 0.3) is 0 Å². The van der Waals surface area contributed by atoms with E-state index in [0.29, 0.717) is 31.2 Å². The van der Waals surface area contributed by atoms with Crippen molar-refractivity contribution in [3.05, 3.63) is 60.2 Å². The lowest BCUT2D eigenvalue weighted by Crippen LogP contribution is -2.35. The van der Waals surface area contributed by atoms with E-state index in [0.717, 1.165) is 42.5 Å². The van der Waals surface area contributed by atoms with Gasteiger partial charge in [-0.25, -0.2) is 4.39 Å². The third-order valence-corrected chi connectivity index (χ3v) is 7.04. The third-order valence-electron chi connectivity index (χ3n) is 7.04. The molecule has 1 aliphatic heterocycles. The minimum absolute atomic E-state index is 0.229. The molecule has 3 fully saturated rings. The van der Waals surface area contributed by atoms with Crippen LogP contribution in [0.5, 0.6) is 0 Å². The lowest BCUT2D eigenvalue weighted by molar-refractivity contribution is -0.175. The topological polar surface area (TPSA) is 40.6 Å². The maximum atomic E-state index is 13.5. The van der Waals surface area contributed by atoms with Gasteiger partial charge >= 0.3 is 0 Å². The highest BCUT2D eigenvalue weighted by molar-refractivity contribution is 5.63. The summed E-state index contributed by atoms with van der Waals surface area (Å²) >= 11 is 0. The molecular weight excluding hydrogens is 381 g/mol. The summed E-state index contributed by atoms with van der Waals surface area (Å²) in [4.78, 5) is 4.58.